The highest BCUT2D eigenvalue weighted by atomic mass is 16.5. The molecule has 0 aromatic carbocycles. The molecule has 2 heterocycles. The Morgan fingerprint density at radius 2 is 2.16 bits per heavy atom. The van der Waals surface area contributed by atoms with Gasteiger partial charge in [-0.2, -0.15) is 0 Å². The van der Waals surface area contributed by atoms with Crippen LogP contribution in [0.25, 0.3) is 0 Å². The SMILES string of the molecule is COc1c(N)ncnc1N(C)CC(=O)N1CCCC1. The number of hydrogen-bond donors (Lipinski definition) is 1. The van der Waals surface area contributed by atoms with Crippen LogP contribution in [-0.2, 0) is 4.79 Å². The van der Waals surface area contributed by atoms with Gasteiger partial charge in [-0.05, 0) is 12.8 Å². The van der Waals surface area contributed by atoms with Crippen LogP contribution >= 0.6 is 0 Å². The molecule has 7 heteroatoms. The molecule has 1 amide bonds. The van der Waals surface area contributed by atoms with Crippen molar-refractivity contribution in [2.75, 3.05) is 44.4 Å². The second-order valence-electron chi connectivity index (χ2n) is 4.56. The third-order valence-corrected chi connectivity index (χ3v) is 3.21. The third kappa shape index (κ3) is 2.86. The minimum atomic E-state index is 0.0965. The van der Waals surface area contributed by atoms with E-state index in [4.69, 9.17) is 10.5 Å². The first-order valence-corrected chi connectivity index (χ1v) is 6.27. The van der Waals surface area contributed by atoms with Crippen LogP contribution in [0.2, 0.25) is 0 Å². The standard InChI is InChI=1S/C12H19N5O2/c1-16(7-9(18)17-5-3-4-6-17)12-10(19-2)11(13)14-8-15-12/h8H,3-7H2,1-2H3,(H2,13,14,15). The predicted molar refractivity (Wildman–Crippen MR) is 72.1 cm³/mol. The zero-order valence-electron chi connectivity index (χ0n) is 11.3. The first-order chi connectivity index (χ1) is 9.13. The van der Waals surface area contributed by atoms with Gasteiger partial charge in [0.05, 0.1) is 13.7 Å². The summed E-state index contributed by atoms with van der Waals surface area (Å²) in [7, 11) is 3.30. The van der Waals surface area contributed by atoms with Gasteiger partial charge in [-0.3, -0.25) is 4.79 Å². The highest BCUT2D eigenvalue weighted by molar-refractivity contribution is 5.82. The Bertz CT molecular complexity index is 459. The molecule has 1 fully saturated rings. The lowest BCUT2D eigenvalue weighted by Gasteiger charge is -2.23. The second kappa shape index (κ2) is 5.73. The van der Waals surface area contributed by atoms with Crippen molar-refractivity contribution in [2.45, 2.75) is 12.8 Å². The maximum absolute atomic E-state index is 12.1. The van der Waals surface area contributed by atoms with Gasteiger partial charge >= 0.3 is 0 Å². The molecule has 1 aliphatic heterocycles. The van der Waals surface area contributed by atoms with Crippen molar-refractivity contribution in [1.82, 2.24) is 14.9 Å². The number of anilines is 2. The minimum Gasteiger partial charge on any atom is -0.490 e. The molecule has 1 aliphatic rings. The number of likely N-dealkylation sites (N-methyl/N-ethyl adjacent to an activating group) is 1. The number of likely N-dealkylation sites (tertiary alicyclic amines) is 1. The van der Waals surface area contributed by atoms with E-state index in [9.17, 15) is 4.79 Å². The highest BCUT2D eigenvalue weighted by Gasteiger charge is 2.21. The Labute approximate surface area is 112 Å². The number of carbonyl (C=O) groups is 1. The van der Waals surface area contributed by atoms with Gasteiger partial charge in [-0.25, -0.2) is 9.97 Å². The van der Waals surface area contributed by atoms with Gasteiger partial charge in [0, 0.05) is 20.1 Å². The molecule has 0 atom stereocenters. The number of methoxy groups -OCH3 is 1. The lowest BCUT2D eigenvalue weighted by atomic mass is 10.4. The number of aromatic nitrogens is 2. The summed E-state index contributed by atoms with van der Waals surface area (Å²) >= 11 is 0. The van der Waals surface area contributed by atoms with Gasteiger partial charge in [0.15, 0.2) is 11.6 Å². The van der Waals surface area contributed by atoms with Gasteiger partial charge in [-0.15, -0.1) is 0 Å². The Kier molecular flexibility index (Phi) is 4.03. The van der Waals surface area contributed by atoms with Crippen LogP contribution in [0.15, 0.2) is 6.33 Å². The van der Waals surface area contributed by atoms with Crippen LogP contribution in [0.4, 0.5) is 11.6 Å². The molecule has 0 aliphatic carbocycles. The van der Waals surface area contributed by atoms with Crippen LogP contribution < -0.4 is 15.4 Å². The van der Waals surface area contributed by atoms with Crippen molar-refractivity contribution in [2.24, 2.45) is 0 Å². The predicted octanol–water partition coefficient (Wildman–Crippen LogP) is 0.126. The van der Waals surface area contributed by atoms with Crippen molar-refractivity contribution < 1.29 is 9.53 Å². The average Bonchev–Trinajstić information content (AvgIpc) is 2.92. The summed E-state index contributed by atoms with van der Waals surface area (Å²) in [4.78, 5) is 23.7. The molecule has 19 heavy (non-hydrogen) atoms. The normalized spacial score (nSPS) is 14.5. The number of hydrogen-bond acceptors (Lipinski definition) is 6. The molecule has 0 radical (unpaired) electrons. The van der Waals surface area contributed by atoms with E-state index in [-0.39, 0.29) is 18.3 Å². The Morgan fingerprint density at radius 3 is 2.79 bits per heavy atom. The summed E-state index contributed by atoms with van der Waals surface area (Å²) < 4.78 is 5.19. The molecular weight excluding hydrogens is 246 g/mol. The van der Waals surface area contributed by atoms with Crippen molar-refractivity contribution >= 4 is 17.5 Å². The van der Waals surface area contributed by atoms with E-state index in [0.29, 0.717) is 11.6 Å². The Hall–Kier alpha value is -2.05. The fourth-order valence-electron chi connectivity index (χ4n) is 2.19. The van der Waals surface area contributed by atoms with E-state index < -0.39 is 0 Å². The third-order valence-electron chi connectivity index (χ3n) is 3.21. The average molecular weight is 265 g/mol. The van der Waals surface area contributed by atoms with Crippen molar-refractivity contribution in [3.63, 3.8) is 0 Å². The molecule has 1 aromatic rings. The summed E-state index contributed by atoms with van der Waals surface area (Å²) in [6.07, 6.45) is 3.53. The van der Waals surface area contributed by atoms with E-state index in [1.54, 1.807) is 11.9 Å². The van der Waals surface area contributed by atoms with Crippen LogP contribution in [-0.4, -0.2) is 54.6 Å². The van der Waals surface area contributed by atoms with Gasteiger partial charge in [0.2, 0.25) is 11.7 Å². The molecule has 7 nitrogen and oxygen atoms in total. The van der Waals surface area contributed by atoms with Crippen LogP contribution in [0.5, 0.6) is 5.75 Å². The van der Waals surface area contributed by atoms with E-state index in [0.717, 1.165) is 25.9 Å². The van der Waals surface area contributed by atoms with Gasteiger partial charge < -0.3 is 20.3 Å². The van der Waals surface area contributed by atoms with E-state index >= 15 is 0 Å². The monoisotopic (exact) mass is 265 g/mol. The lowest BCUT2D eigenvalue weighted by molar-refractivity contribution is -0.128. The summed E-state index contributed by atoms with van der Waals surface area (Å²) in [6.45, 7) is 1.94. The summed E-state index contributed by atoms with van der Waals surface area (Å²) in [5.74, 6) is 1.30. The molecule has 1 saturated heterocycles. The quantitative estimate of drug-likeness (QED) is 0.832. The van der Waals surface area contributed by atoms with E-state index in [2.05, 4.69) is 9.97 Å². The number of nitrogens with two attached hydrogens (primary N) is 1. The fraction of sp³-hybridized carbons (Fsp3) is 0.583. The van der Waals surface area contributed by atoms with Gasteiger partial charge in [-0.1, -0.05) is 0 Å². The highest BCUT2D eigenvalue weighted by Crippen LogP contribution is 2.28. The van der Waals surface area contributed by atoms with Crippen LogP contribution in [0.1, 0.15) is 12.8 Å². The molecule has 2 rings (SSSR count). The number of ether oxygens (including phenoxy) is 1. The molecule has 0 bridgehead atoms. The second-order valence-corrected chi connectivity index (χ2v) is 4.56. The van der Waals surface area contributed by atoms with Crippen molar-refractivity contribution in [3.8, 4) is 5.75 Å². The molecule has 0 unspecified atom stereocenters. The molecular formula is C12H19N5O2. The molecule has 0 spiro atoms. The maximum atomic E-state index is 12.1. The summed E-state index contributed by atoms with van der Waals surface area (Å²) in [5, 5.41) is 0. The molecule has 1 aromatic heterocycles. The van der Waals surface area contributed by atoms with E-state index in [1.807, 2.05) is 4.90 Å². The van der Waals surface area contributed by atoms with Crippen molar-refractivity contribution in [3.05, 3.63) is 6.33 Å². The number of nitrogens with zero attached hydrogens (tertiary/aromatic N) is 4. The number of nitrogen functional groups attached to an aromatic ring is 1. The molecule has 2 N–H and O–H groups in total. The van der Waals surface area contributed by atoms with Gasteiger partial charge in [0.1, 0.15) is 6.33 Å². The summed E-state index contributed by atoms with van der Waals surface area (Å²) in [6, 6.07) is 0. The van der Waals surface area contributed by atoms with Crippen LogP contribution in [0, 0.1) is 0 Å². The van der Waals surface area contributed by atoms with Crippen LogP contribution in [0.3, 0.4) is 0 Å². The number of rotatable bonds is 4. The number of amides is 1. The molecule has 0 saturated carbocycles. The minimum absolute atomic E-state index is 0.0965. The first-order valence-electron chi connectivity index (χ1n) is 6.27. The maximum Gasteiger partial charge on any atom is 0.242 e. The number of carbonyl (C=O) groups excluding carboxylic acids is 1. The zero-order valence-corrected chi connectivity index (χ0v) is 11.3. The lowest BCUT2D eigenvalue weighted by Crippen LogP contribution is -2.37. The molecule has 104 valence electrons. The Morgan fingerprint density at radius 1 is 1.47 bits per heavy atom. The zero-order chi connectivity index (χ0) is 13.8. The topological polar surface area (TPSA) is 84.6 Å². The largest absolute Gasteiger partial charge is 0.490 e. The van der Waals surface area contributed by atoms with E-state index in [1.165, 1.54) is 13.4 Å². The summed E-state index contributed by atoms with van der Waals surface area (Å²) in [5.41, 5.74) is 5.72. The fourth-order valence-corrected chi connectivity index (χ4v) is 2.19. The van der Waals surface area contributed by atoms with Gasteiger partial charge in [0.25, 0.3) is 0 Å². The Balaban J connectivity index is 2.09. The van der Waals surface area contributed by atoms with Crippen molar-refractivity contribution in [1.29, 1.82) is 0 Å². The smallest absolute Gasteiger partial charge is 0.242 e. The first kappa shape index (κ1) is 13.4.